The maximum absolute atomic E-state index is 9.55. The van der Waals surface area contributed by atoms with Crippen LogP contribution < -0.4 is 0 Å². The Morgan fingerprint density at radius 1 is 1.85 bits per heavy atom. The Kier molecular flexibility index (Phi) is 5.96. The van der Waals surface area contributed by atoms with Gasteiger partial charge in [-0.05, 0) is 0 Å². The molecular formula is C7H6N2O3S. The molecule has 0 aliphatic rings. The van der Waals surface area contributed by atoms with E-state index in [0.29, 0.717) is 5.13 Å². The van der Waals surface area contributed by atoms with E-state index in [9.17, 15) is 9.59 Å². The normalized spacial score (nSPS) is 7.38. The Labute approximate surface area is 78.1 Å². The molecule has 0 bridgehead atoms. The fourth-order valence-electron chi connectivity index (χ4n) is 0.310. The molecule has 1 aromatic rings. The van der Waals surface area contributed by atoms with Crippen molar-refractivity contribution in [3.63, 3.8) is 0 Å². The van der Waals surface area contributed by atoms with Crippen molar-refractivity contribution in [2.24, 2.45) is 4.99 Å². The fraction of sp³-hybridized carbons (Fsp3) is 0. The number of carboxylic acid groups (broad SMARTS) is 1. The number of rotatable bonds is 2. The maximum atomic E-state index is 9.55. The lowest BCUT2D eigenvalue weighted by Crippen LogP contribution is -1.82. The zero-order valence-corrected chi connectivity index (χ0v) is 7.32. The van der Waals surface area contributed by atoms with Crippen LogP contribution in [0.1, 0.15) is 0 Å². The average molecular weight is 198 g/mol. The van der Waals surface area contributed by atoms with Gasteiger partial charge in [-0.25, -0.2) is 14.6 Å². The zero-order chi connectivity index (χ0) is 10.1. The van der Waals surface area contributed by atoms with Crippen molar-refractivity contribution in [1.82, 2.24) is 4.98 Å². The molecule has 5 nitrogen and oxygen atoms in total. The molecule has 0 aromatic carbocycles. The number of carboxylic acids is 1. The van der Waals surface area contributed by atoms with Crippen molar-refractivity contribution < 1.29 is 14.7 Å². The standard InChI is InChI=1S/C4H2N2OS.C3H4O2/c7-3-6-4-5-1-2-8-4;1-2-3(4)5/h1-2H;2H,1H2,(H,4,5). The van der Waals surface area contributed by atoms with Crippen LogP contribution in [0.2, 0.25) is 0 Å². The topological polar surface area (TPSA) is 79.6 Å². The Bertz CT molecular complexity index is 314. The molecule has 1 rings (SSSR count). The molecule has 1 heterocycles. The summed E-state index contributed by atoms with van der Waals surface area (Å²) in [7, 11) is 0. The van der Waals surface area contributed by atoms with Crippen LogP contribution in [0, 0.1) is 0 Å². The van der Waals surface area contributed by atoms with E-state index in [-0.39, 0.29) is 0 Å². The predicted molar refractivity (Wildman–Crippen MR) is 47.7 cm³/mol. The number of aliphatic carboxylic acids is 1. The molecule has 0 aliphatic heterocycles. The zero-order valence-electron chi connectivity index (χ0n) is 6.51. The number of thiazole rings is 1. The fourth-order valence-corrected chi connectivity index (χ4v) is 0.765. The first kappa shape index (κ1) is 11.2. The minimum atomic E-state index is -0.981. The summed E-state index contributed by atoms with van der Waals surface area (Å²) in [5, 5.41) is 9.81. The van der Waals surface area contributed by atoms with Crippen molar-refractivity contribution in [3.8, 4) is 0 Å². The second kappa shape index (κ2) is 6.90. The predicted octanol–water partition coefficient (Wildman–Crippen LogP) is 1.37. The third kappa shape index (κ3) is 6.61. The van der Waals surface area contributed by atoms with Gasteiger partial charge < -0.3 is 5.11 Å². The van der Waals surface area contributed by atoms with Crippen molar-refractivity contribution in [1.29, 1.82) is 0 Å². The quantitative estimate of drug-likeness (QED) is 0.442. The van der Waals surface area contributed by atoms with Crippen LogP contribution in [0.3, 0.4) is 0 Å². The number of isocyanates is 1. The summed E-state index contributed by atoms with van der Waals surface area (Å²) in [6.07, 6.45) is 3.81. The second-order valence-electron chi connectivity index (χ2n) is 1.56. The largest absolute Gasteiger partial charge is 0.478 e. The number of aromatic nitrogens is 1. The number of aliphatic imine (C=N–C) groups is 1. The second-order valence-corrected chi connectivity index (χ2v) is 2.43. The van der Waals surface area contributed by atoms with E-state index in [0.717, 1.165) is 6.08 Å². The van der Waals surface area contributed by atoms with Crippen molar-refractivity contribution >= 4 is 28.5 Å². The number of hydrogen-bond donors (Lipinski definition) is 1. The van der Waals surface area contributed by atoms with Gasteiger partial charge in [0.1, 0.15) is 0 Å². The summed E-state index contributed by atoms with van der Waals surface area (Å²) in [4.78, 5) is 25.8. The highest BCUT2D eigenvalue weighted by molar-refractivity contribution is 7.13. The lowest BCUT2D eigenvalue weighted by molar-refractivity contribution is -0.131. The first-order chi connectivity index (χ1) is 6.20. The minimum absolute atomic E-state index is 0.458. The van der Waals surface area contributed by atoms with Crippen molar-refractivity contribution in [3.05, 3.63) is 24.2 Å². The van der Waals surface area contributed by atoms with Crippen LogP contribution in [0.4, 0.5) is 5.13 Å². The van der Waals surface area contributed by atoms with E-state index >= 15 is 0 Å². The average Bonchev–Trinajstić information content (AvgIpc) is 2.59. The van der Waals surface area contributed by atoms with Gasteiger partial charge in [-0.15, -0.1) is 16.3 Å². The first-order valence-electron chi connectivity index (χ1n) is 3.03. The van der Waals surface area contributed by atoms with E-state index in [4.69, 9.17) is 5.11 Å². The van der Waals surface area contributed by atoms with Crippen LogP contribution in [-0.4, -0.2) is 22.1 Å². The minimum Gasteiger partial charge on any atom is -0.478 e. The molecule has 0 unspecified atom stereocenters. The van der Waals surface area contributed by atoms with Gasteiger partial charge in [0.05, 0.1) is 0 Å². The Hall–Kier alpha value is -1.78. The van der Waals surface area contributed by atoms with E-state index in [1.54, 1.807) is 11.6 Å². The molecule has 6 heteroatoms. The van der Waals surface area contributed by atoms with Crippen molar-refractivity contribution in [2.75, 3.05) is 0 Å². The highest BCUT2D eigenvalue weighted by Gasteiger charge is 1.84. The van der Waals surface area contributed by atoms with Crippen LogP contribution in [0.5, 0.6) is 0 Å². The summed E-state index contributed by atoms with van der Waals surface area (Å²) >= 11 is 1.31. The molecule has 68 valence electrons. The highest BCUT2D eigenvalue weighted by Crippen LogP contribution is 2.12. The van der Waals surface area contributed by atoms with Gasteiger partial charge in [0.2, 0.25) is 11.2 Å². The van der Waals surface area contributed by atoms with Gasteiger partial charge in [0, 0.05) is 17.7 Å². The maximum Gasteiger partial charge on any atom is 0.327 e. The molecule has 0 amide bonds. The third-order valence-corrected chi connectivity index (χ3v) is 1.40. The van der Waals surface area contributed by atoms with Crippen molar-refractivity contribution in [2.45, 2.75) is 0 Å². The smallest absolute Gasteiger partial charge is 0.327 e. The van der Waals surface area contributed by atoms with Gasteiger partial charge in [-0.3, -0.25) is 0 Å². The highest BCUT2D eigenvalue weighted by atomic mass is 32.1. The number of carbonyl (C=O) groups excluding carboxylic acids is 1. The van der Waals surface area contributed by atoms with E-state index in [2.05, 4.69) is 16.6 Å². The summed E-state index contributed by atoms with van der Waals surface area (Å²) in [5.41, 5.74) is 0. The summed E-state index contributed by atoms with van der Waals surface area (Å²) in [6.45, 7) is 2.96. The van der Waals surface area contributed by atoms with E-state index in [1.165, 1.54) is 17.4 Å². The number of carbonyl (C=O) groups is 1. The molecule has 1 N–H and O–H groups in total. The van der Waals surface area contributed by atoms with Crippen LogP contribution in [0.15, 0.2) is 29.2 Å². The van der Waals surface area contributed by atoms with Gasteiger partial charge in [0.15, 0.2) is 0 Å². The molecule has 0 fully saturated rings. The van der Waals surface area contributed by atoms with Crippen LogP contribution in [0.25, 0.3) is 0 Å². The van der Waals surface area contributed by atoms with Gasteiger partial charge in [-0.1, -0.05) is 6.58 Å². The monoisotopic (exact) mass is 198 g/mol. The molecular weight excluding hydrogens is 192 g/mol. The first-order valence-corrected chi connectivity index (χ1v) is 3.91. The molecule has 1 aromatic heterocycles. The molecule has 0 saturated carbocycles. The Balaban J connectivity index is 0.000000252. The molecule has 0 aliphatic carbocycles. The molecule has 0 radical (unpaired) electrons. The Morgan fingerprint density at radius 3 is 2.77 bits per heavy atom. The van der Waals surface area contributed by atoms with E-state index in [1.807, 2.05) is 0 Å². The van der Waals surface area contributed by atoms with Gasteiger partial charge in [0.25, 0.3) is 0 Å². The Morgan fingerprint density at radius 2 is 2.46 bits per heavy atom. The molecule has 0 spiro atoms. The van der Waals surface area contributed by atoms with Gasteiger partial charge in [-0.2, -0.15) is 0 Å². The lowest BCUT2D eigenvalue weighted by atomic mass is 10.7. The third-order valence-electron chi connectivity index (χ3n) is 0.735. The molecule has 0 saturated heterocycles. The SMILES string of the molecule is C=CC(=O)O.O=C=Nc1nccs1. The summed E-state index contributed by atoms with van der Waals surface area (Å²) in [5.74, 6) is -0.981. The lowest BCUT2D eigenvalue weighted by Gasteiger charge is -1.67. The molecule has 13 heavy (non-hydrogen) atoms. The van der Waals surface area contributed by atoms with E-state index < -0.39 is 5.97 Å². The van der Waals surface area contributed by atoms with Crippen LogP contribution >= 0.6 is 11.3 Å². The summed E-state index contributed by atoms with van der Waals surface area (Å²) in [6, 6.07) is 0. The summed E-state index contributed by atoms with van der Waals surface area (Å²) < 4.78 is 0. The van der Waals surface area contributed by atoms with Crippen LogP contribution in [-0.2, 0) is 9.59 Å². The number of hydrogen-bond acceptors (Lipinski definition) is 5. The number of nitrogens with zero attached hydrogens (tertiary/aromatic N) is 2. The van der Waals surface area contributed by atoms with Gasteiger partial charge >= 0.3 is 5.97 Å². The molecule has 0 atom stereocenters.